The summed E-state index contributed by atoms with van der Waals surface area (Å²) in [5.41, 5.74) is 3.15. The van der Waals surface area contributed by atoms with Crippen molar-refractivity contribution in [2.24, 2.45) is 0 Å². The van der Waals surface area contributed by atoms with E-state index in [-0.39, 0.29) is 0 Å². The Labute approximate surface area is 145 Å². The Morgan fingerprint density at radius 3 is 2.43 bits per heavy atom. The van der Waals surface area contributed by atoms with Gasteiger partial charge in [-0.15, -0.1) is 0 Å². The van der Waals surface area contributed by atoms with Gasteiger partial charge in [-0.1, -0.05) is 35.3 Å². The minimum absolute atomic E-state index is 0.476. The molecule has 118 valence electrons. The van der Waals surface area contributed by atoms with Crippen LogP contribution in [0.4, 0.5) is 0 Å². The lowest BCUT2D eigenvalue weighted by Gasteiger charge is -2.13. The van der Waals surface area contributed by atoms with Gasteiger partial charge in [0.1, 0.15) is 12.4 Å². The largest absolute Gasteiger partial charge is 0.489 e. The maximum atomic E-state index is 6.13. The van der Waals surface area contributed by atoms with Crippen LogP contribution in [-0.2, 0) is 13.2 Å². The van der Waals surface area contributed by atoms with Crippen molar-refractivity contribution >= 4 is 23.2 Å². The number of benzene rings is 2. The van der Waals surface area contributed by atoms with E-state index in [2.05, 4.69) is 5.10 Å². The lowest BCUT2D eigenvalue weighted by Crippen LogP contribution is -2.06. The van der Waals surface area contributed by atoms with Crippen LogP contribution in [0.15, 0.2) is 54.7 Å². The summed E-state index contributed by atoms with van der Waals surface area (Å²) < 4.78 is 7.88. The molecule has 0 radical (unpaired) electrons. The quantitative estimate of drug-likeness (QED) is 0.640. The highest BCUT2D eigenvalue weighted by Gasteiger charge is 2.08. The van der Waals surface area contributed by atoms with E-state index >= 15 is 0 Å². The van der Waals surface area contributed by atoms with E-state index in [4.69, 9.17) is 27.9 Å². The Kier molecular flexibility index (Phi) is 4.89. The second-order valence-corrected chi connectivity index (χ2v) is 6.17. The molecule has 0 amide bonds. The Morgan fingerprint density at radius 1 is 1.00 bits per heavy atom. The first-order valence-corrected chi connectivity index (χ1v) is 8.01. The zero-order chi connectivity index (χ0) is 16.2. The number of nitrogens with zero attached hydrogens (tertiary/aromatic N) is 2. The highest BCUT2D eigenvalue weighted by atomic mass is 35.5. The van der Waals surface area contributed by atoms with Crippen molar-refractivity contribution in [1.29, 1.82) is 0 Å². The molecule has 0 N–H and O–H groups in total. The fourth-order valence-corrected chi connectivity index (χ4v) is 2.60. The van der Waals surface area contributed by atoms with Gasteiger partial charge in [-0.05, 0) is 48.9 Å². The van der Waals surface area contributed by atoms with Crippen molar-refractivity contribution in [2.75, 3.05) is 0 Å². The summed E-state index contributed by atoms with van der Waals surface area (Å²) in [6.07, 6.45) is 1.79. The van der Waals surface area contributed by atoms with E-state index in [9.17, 15) is 0 Å². The molecule has 23 heavy (non-hydrogen) atoms. The van der Waals surface area contributed by atoms with Gasteiger partial charge >= 0.3 is 0 Å². The summed E-state index contributed by atoms with van der Waals surface area (Å²) in [5, 5.41) is 5.71. The normalized spacial score (nSPS) is 10.7. The van der Waals surface area contributed by atoms with Crippen LogP contribution in [0.5, 0.6) is 5.75 Å². The molecule has 0 saturated heterocycles. The lowest BCUT2D eigenvalue weighted by atomic mass is 10.2. The van der Waals surface area contributed by atoms with Gasteiger partial charge in [0.15, 0.2) is 0 Å². The van der Waals surface area contributed by atoms with Gasteiger partial charge in [-0.25, -0.2) is 0 Å². The van der Waals surface area contributed by atoms with Crippen LogP contribution in [0.2, 0.25) is 10.0 Å². The van der Waals surface area contributed by atoms with Crippen LogP contribution in [0.1, 0.15) is 16.8 Å². The van der Waals surface area contributed by atoms with Crippen LogP contribution in [0.3, 0.4) is 0 Å². The van der Waals surface area contributed by atoms with Crippen LogP contribution < -0.4 is 4.74 Å². The van der Waals surface area contributed by atoms with Crippen molar-refractivity contribution in [3.05, 3.63) is 81.6 Å². The second-order valence-electron chi connectivity index (χ2n) is 5.30. The fraction of sp³-hybridized carbons (Fsp3) is 0.167. The standard InChI is InChI=1S/C18H16Cl2N2O/c1-13-8-9-21-22(13)11-15-10-17(20)6-7-18(15)23-12-14-2-4-16(19)5-3-14/h2-10H,11-12H2,1H3. The van der Waals surface area contributed by atoms with Crippen LogP contribution in [0, 0.1) is 6.92 Å². The first kappa shape index (κ1) is 15.9. The molecule has 0 aliphatic carbocycles. The molecule has 1 heterocycles. The van der Waals surface area contributed by atoms with Crippen molar-refractivity contribution in [1.82, 2.24) is 9.78 Å². The predicted molar refractivity (Wildman–Crippen MR) is 93.3 cm³/mol. The molecule has 5 heteroatoms. The predicted octanol–water partition coefficient (Wildman–Crippen LogP) is 5.13. The first-order chi connectivity index (χ1) is 11.1. The van der Waals surface area contributed by atoms with Crippen molar-refractivity contribution in [3.63, 3.8) is 0 Å². The van der Waals surface area contributed by atoms with Gasteiger partial charge < -0.3 is 4.74 Å². The molecule has 0 spiro atoms. The summed E-state index contributed by atoms with van der Waals surface area (Å²) in [4.78, 5) is 0. The average Bonchev–Trinajstić information content (AvgIpc) is 2.93. The summed E-state index contributed by atoms with van der Waals surface area (Å²) >= 11 is 12.0. The molecular weight excluding hydrogens is 331 g/mol. The van der Waals surface area contributed by atoms with E-state index in [0.29, 0.717) is 18.2 Å². The summed E-state index contributed by atoms with van der Waals surface area (Å²) in [5.74, 6) is 0.805. The lowest BCUT2D eigenvalue weighted by molar-refractivity contribution is 0.302. The SMILES string of the molecule is Cc1ccnn1Cc1cc(Cl)ccc1OCc1ccc(Cl)cc1. The monoisotopic (exact) mass is 346 g/mol. The molecular formula is C18H16Cl2N2O. The van der Waals surface area contributed by atoms with E-state index in [0.717, 1.165) is 27.6 Å². The zero-order valence-corrected chi connectivity index (χ0v) is 14.2. The van der Waals surface area contributed by atoms with E-state index < -0.39 is 0 Å². The number of aryl methyl sites for hydroxylation is 1. The minimum Gasteiger partial charge on any atom is -0.489 e. The molecule has 3 nitrogen and oxygen atoms in total. The third kappa shape index (κ3) is 4.06. The van der Waals surface area contributed by atoms with Crippen LogP contribution in [0.25, 0.3) is 0 Å². The topological polar surface area (TPSA) is 27.1 Å². The minimum atomic E-state index is 0.476. The third-order valence-corrected chi connectivity index (χ3v) is 4.07. The van der Waals surface area contributed by atoms with E-state index in [1.807, 2.05) is 60.1 Å². The maximum absolute atomic E-state index is 6.13. The molecule has 3 rings (SSSR count). The maximum Gasteiger partial charge on any atom is 0.124 e. The molecule has 0 unspecified atom stereocenters. The number of hydrogen-bond acceptors (Lipinski definition) is 2. The van der Waals surface area contributed by atoms with Crippen LogP contribution in [-0.4, -0.2) is 9.78 Å². The molecule has 0 saturated carbocycles. The number of hydrogen-bond donors (Lipinski definition) is 0. The number of rotatable bonds is 5. The van der Waals surface area contributed by atoms with E-state index in [1.165, 1.54) is 0 Å². The molecule has 2 aromatic carbocycles. The molecule has 1 aromatic heterocycles. The number of halogens is 2. The summed E-state index contributed by atoms with van der Waals surface area (Å²) in [6.45, 7) is 3.12. The molecule has 0 aliphatic rings. The molecule has 3 aromatic rings. The summed E-state index contributed by atoms with van der Waals surface area (Å²) in [7, 11) is 0. The summed E-state index contributed by atoms with van der Waals surface area (Å²) in [6, 6.07) is 15.2. The molecule has 0 bridgehead atoms. The Bertz CT molecular complexity index is 797. The number of ether oxygens (including phenoxy) is 1. The van der Waals surface area contributed by atoms with Crippen LogP contribution >= 0.6 is 23.2 Å². The van der Waals surface area contributed by atoms with Crippen molar-refractivity contribution < 1.29 is 4.74 Å². The molecule has 0 aliphatic heterocycles. The zero-order valence-electron chi connectivity index (χ0n) is 12.7. The van der Waals surface area contributed by atoms with Crippen molar-refractivity contribution in [2.45, 2.75) is 20.1 Å². The van der Waals surface area contributed by atoms with Gasteiger partial charge in [0.25, 0.3) is 0 Å². The van der Waals surface area contributed by atoms with Gasteiger partial charge in [0, 0.05) is 27.5 Å². The average molecular weight is 347 g/mol. The molecule has 0 fully saturated rings. The Balaban J connectivity index is 1.78. The molecule has 0 atom stereocenters. The van der Waals surface area contributed by atoms with Crippen molar-refractivity contribution in [3.8, 4) is 5.75 Å². The highest BCUT2D eigenvalue weighted by molar-refractivity contribution is 6.30. The first-order valence-electron chi connectivity index (χ1n) is 7.26. The van der Waals surface area contributed by atoms with Gasteiger partial charge in [0.05, 0.1) is 6.54 Å². The Morgan fingerprint density at radius 2 is 1.74 bits per heavy atom. The smallest absolute Gasteiger partial charge is 0.124 e. The van der Waals surface area contributed by atoms with Gasteiger partial charge in [0.2, 0.25) is 0 Å². The third-order valence-electron chi connectivity index (χ3n) is 3.58. The van der Waals surface area contributed by atoms with E-state index in [1.54, 1.807) is 6.20 Å². The van der Waals surface area contributed by atoms with Gasteiger partial charge in [-0.2, -0.15) is 5.10 Å². The number of aromatic nitrogens is 2. The Hall–Kier alpha value is -1.97. The highest BCUT2D eigenvalue weighted by Crippen LogP contribution is 2.25. The van der Waals surface area contributed by atoms with Gasteiger partial charge in [-0.3, -0.25) is 4.68 Å². The fourth-order valence-electron chi connectivity index (χ4n) is 2.28. The second kappa shape index (κ2) is 7.07.